The second kappa shape index (κ2) is 12.7. The zero-order valence-corrected chi connectivity index (χ0v) is 21.8. The van der Waals surface area contributed by atoms with Crippen LogP contribution in [0, 0.1) is 6.92 Å². The molecular weight excluding hydrogens is 500 g/mol. The quantitative estimate of drug-likeness (QED) is 0.264. The molecule has 190 valence electrons. The van der Waals surface area contributed by atoms with Crippen LogP contribution in [0.15, 0.2) is 77.7 Å². The molecule has 0 unspecified atom stereocenters. The number of amides is 1. The Morgan fingerprint density at radius 2 is 1.69 bits per heavy atom. The first-order chi connectivity index (χ1) is 17.2. The highest BCUT2D eigenvalue weighted by Crippen LogP contribution is 2.21. The van der Waals surface area contributed by atoms with Crippen LogP contribution in [0.5, 0.6) is 0 Å². The highest BCUT2D eigenvalue weighted by atomic mass is 35.5. The third kappa shape index (κ3) is 7.65. The van der Waals surface area contributed by atoms with Gasteiger partial charge >= 0.3 is 5.97 Å². The summed E-state index contributed by atoms with van der Waals surface area (Å²) in [7, 11) is -3.98. The molecule has 0 spiro atoms. The Morgan fingerprint density at radius 1 is 1.00 bits per heavy atom. The fourth-order valence-electron chi connectivity index (χ4n) is 3.37. The summed E-state index contributed by atoms with van der Waals surface area (Å²) in [6, 6.07) is 19.5. The van der Waals surface area contributed by atoms with Crippen LogP contribution >= 0.6 is 11.6 Å². The molecule has 0 atom stereocenters. The number of ether oxygens (including phenoxy) is 1. The van der Waals surface area contributed by atoms with Crippen molar-refractivity contribution < 1.29 is 22.7 Å². The van der Waals surface area contributed by atoms with Crippen LogP contribution < -0.4 is 5.32 Å². The lowest BCUT2D eigenvalue weighted by molar-refractivity contribution is -0.116. The van der Waals surface area contributed by atoms with Gasteiger partial charge in [-0.15, -0.1) is 0 Å². The van der Waals surface area contributed by atoms with E-state index >= 15 is 0 Å². The van der Waals surface area contributed by atoms with E-state index in [0.717, 1.165) is 22.7 Å². The largest absolute Gasteiger partial charge is 0.462 e. The number of carbonyl (C=O) groups excluding carboxylic acids is 2. The number of anilines is 1. The van der Waals surface area contributed by atoms with Gasteiger partial charge in [0.2, 0.25) is 15.9 Å². The van der Waals surface area contributed by atoms with E-state index in [2.05, 4.69) is 5.32 Å². The van der Waals surface area contributed by atoms with Gasteiger partial charge in [0, 0.05) is 17.3 Å². The predicted molar refractivity (Wildman–Crippen MR) is 140 cm³/mol. The van der Waals surface area contributed by atoms with E-state index in [1.165, 1.54) is 12.1 Å². The van der Waals surface area contributed by atoms with Crippen LogP contribution in [0.4, 0.5) is 5.69 Å². The molecule has 0 radical (unpaired) electrons. The van der Waals surface area contributed by atoms with Crippen molar-refractivity contribution >= 4 is 39.2 Å². The van der Waals surface area contributed by atoms with Crippen LogP contribution in [0.3, 0.4) is 0 Å². The predicted octanol–water partition coefficient (Wildman–Crippen LogP) is 5.43. The monoisotopic (exact) mass is 528 g/mol. The summed E-state index contributed by atoms with van der Waals surface area (Å²) < 4.78 is 33.1. The van der Waals surface area contributed by atoms with E-state index in [-0.39, 0.29) is 11.4 Å². The number of carbonyl (C=O) groups is 2. The fraction of sp³-hybridized carbons (Fsp3) is 0.259. The lowest BCUT2D eigenvalue weighted by atomic mass is 10.2. The fourth-order valence-corrected chi connectivity index (χ4v) is 4.96. The number of nitrogens with one attached hydrogen (secondary N) is 1. The zero-order chi connectivity index (χ0) is 26.1. The highest BCUT2D eigenvalue weighted by Gasteiger charge is 2.27. The summed E-state index contributed by atoms with van der Waals surface area (Å²) in [6.07, 6.45) is 1.71. The minimum Gasteiger partial charge on any atom is -0.462 e. The van der Waals surface area contributed by atoms with Crippen molar-refractivity contribution in [2.24, 2.45) is 0 Å². The Hall–Kier alpha value is -3.20. The first-order valence-corrected chi connectivity index (χ1v) is 13.4. The molecule has 0 aliphatic rings. The van der Waals surface area contributed by atoms with Crippen molar-refractivity contribution in [1.82, 2.24) is 4.31 Å². The number of esters is 1. The molecule has 0 saturated carbocycles. The number of unbranched alkanes of at least 4 members (excludes halogenated alkanes) is 1. The van der Waals surface area contributed by atoms with Gasteiger partial charge in [0.05, 0.1) is 23.6 Å². The van der Waals surface area contributed by atoms with Gasteiger partial charge in [-0.1, -0.05) is 54.8 Å². The van der Waals surface area contributed by atoms with Crippen LogP contribution in [0.2, 0.25) is 5.02 Å². The van der Waals surface area contributed by atoms with Crippen molar-refractivity contribution in [2.45, 2.75) is 38.1 Å². The lowest BCUT2D eigenvalue weighted by Crippen LogP contribution is -2.37. The van der Waals surface area contributed by atoms with Gasteiger partial charge in [0.15, 0.2) is 0 Å². The molecule has 0 bridgehead atoms. The molecule has 3 rings (SSSR count). The maximum absolute atomic E-state index is 13.4. The number of hydrogen-bond donors (Lipinski definition) is 1. The van der Waals surface area contributed by atoms with Crippen LogP contribution in [-0.2, 0) is 26.1 Å². The smallest absolute Gasteiger partial charge is 0.338 e. The van der Waals surface area contributed by atoms with Gasteiger partial charge in [-0.05, 0) is 67.4 Å². The van der Waals surface area contributed by atoms with E-state index in [0.29, 0.717) is 28.4 Å². The second-order valence-electron chi connectivity index (χ2n) is 8.33. The molecule has 0 fully saturated rings. The van der Waals surface area contributed by atoms with Gasteiger partial charge < -0.3 is 10.1 Å². The molecule has 1 N–H and O–H groups in total. The molecule has 3 aromatic carbocycles. The number of hydrogen-bond acceptors (Lipinski definition) is 5. The Labute approximate surface area is 217 Å². The molecule has 1 amide bonds. The van der Waals surface area contributed by atoms with Gasteiger partial charge in [-0.3, -0.25) is 4.79 Å². The summed E-state index contributed by atoms with van der Waals surface area (Å²) in [4.78, 5) is 25.0. The Balaban J connectivity index is 1.75. The van der Waals surface area contributed by atoms with Crippen LogP contribution in [0.25, 0.3) is 0 Å². The lowest BCUT2D eigenvalue weighted by Gasteiger charge is -2.22. The molecule has 0 heterocycles. The number of halogens is 1. The molecular formula is C27H29ClN2O5S. The minimum atomic E-state index is -3.98. The zero-order valence-electron chi connectivity index (χ0n) is 20.2. The minimum absolute atomic E-state index is 0.0350. The average Bonchev–Trinajstić information content (AvgIpc) is 2.84. The first kappa shape index (κ1) is 27.4. The highest BCUT2D eigenvalue weighted by molar-refractivity contribution is 7.89. The number of sulfonamides is 1. The van der Waals surface area contributed by atoms with E-state index < -0.39 is 28.4 Å². The molecule has 0 aliphatic heterocycles. The molecule has 9 heteroatoms. The topological polar surface area (TPSA) is 92.8 Å². The Bertz CT molecular complexity index is 1290. The summed E-state index contributed by atoms with van der Waals surface area (Å²) in [5.74, 6) is -0.954. The Kier molecular flexibility index (Phi) is 9.64. The molecule has 0 aliphatic carbocycles. The van der Waals surface area contributed by atoms with E-state index in [9.17, 15) is 18.0 Å². The first-order valence-electron chi connectivity index (χ1n) is 11.6. The molecule has 0 saturated heterocycles. The maximum Gasteiger partial charge on any atom is 0.338 e. The number of nitrogens with zero attached hydrogens (tertiary/aromatic N) is 1. The standard InChI is InChI=1S/C27H29ClN2O5S/c1-3-4-16-35-27(32)22-10-12-24(13-11-22)29-26(31)19-30(18-21-6-5-7-23(28)17-21)36(33,34)25-14-8-20(2)9-15-25/h5-15,17H,3-4,16,18-19H2,1-2H3,(H,29,31). The normalized spacial score (nSPS) is 11.3. The molecule has 0 aromatic heterocycles. The number of rotatable bonds is 11. The van der Waals surface area contributed by atoms with Crippen molar-refractivity contribution in [2.75, 3.05) is 18.5 Å². The van der Waals surface area contributed by atoms with Crippen molar-refractivity contribution in [3.05, 3.63) is 94.5 Å². The van der Waals surface area contributed by atoms with Crippen molar-refractivity contribution in [3.63, 3.8) is 0 Å². The maximum atomic E-state index is 13.4. The van der Waals surface area contributed by atoms with Crippen molar-refractivity contribution in [1.29, 1.82) is 0 Å². The third-order valence-electron chi connectivity index (χ3n) is 5.36. The van der Waals surface area contributed by atoms with Crippen molar-refractivity contribution in [3.8, 4) is 0 Å². The SMILES string of the molecule is CCCCOC(=O)c1ccc(NC(=O)CN(Cc2cccc(Cl)c2)S(=O)(=O)c2ccc(C)cc2)cc1. The van der Waals surface area contributed by atoms with Crippen LogP contribution in [0.1, 0.15) is 41.3 Å². The summed E-state index contributed by atoms with van der Waals surface area (Å²) in [5.41, 5.74) is 2.37. The van der Waals surface area contributed by atoms with E-state index in [4.69, 9.17) is 16.3 Å². The molecule has 36 heavy (non-hydrogen) atoms. The Morgan fingerprint density at radius 3 is 2.33 bits per heavy atom. The summed E-state index contributed by atoms with van der Waals surface area (Å²) in [6.45, 7) is 3.78. The number of aryl methyl sites for hydroxylation is 1. The van der Waals surface area contributed by atoms with E-state index in [1.54, 1.807) is 60.7 Å². The second-order valence-corrected chi connectivity index (χ2v) is 10.7. The number of benzene rings is 3. The van der Waals surface area contributed by atoms with Gasteiger partial charge in [-0.25, -0.2) is 13.2 Å². The molecule has 7 nitrogen and oxygen atoms in total. The molecule has 3 aromatic rings. The van der Waals surface area contributed by atoms with Gasteiger partial charge in [0.25, 0.3) is 0 Å². The van der Waals surface area contributed by atoms with E-state index in [1.807, 2.05) is 13.8 Å². The van der Waals surface area contributed by atoms with Gasteiger partial charge in [-0.2, -0.15) is 4.31 Å². The summed E-state index contributed by atoms with van der Waals surface area (Å²) >= 11 is 6.08. The summed E-state index contributed by atoms with van der Waals surface area (Å²) in [5, 5.41) is 3.17. The van der Waals surface area contributed by atoms with Crippen LogP contribution in [-0.4, -0.2) is 37.8 Å². The third-order valence-corrected chi connectivity index (χ3v) is 7.40. The van der Waals surface area contributed by atoms with Gasteiger partial charge in [0.1, 0.15) is 0 Å². The average molecular weight is 529 g/mol.